The molecule has 3 rings (SSSR count). The van der Waals surface area contributed by atoms with Crippen LogP contribution in [0.3, 0.4) is 0 Å². The maximum absolute atomic E-state index is 12.3. The summed E-state index contributed by atoms with van der Waals surface area (Å²) in [4.78, 5) is 17.4. The number of aliphatic imine (C=N–C) groups is 1. The van der Waals surface area contributed by atoms with E-state index < -0.39 is 0 Å². The van der Waals surface area contributed by atoms with E-state index in [2.05, 4.69) is 10.3 Å². The standard InChI is InChI=1S/C20H20N2O4S/c1-12-5-8-16(25-3)15(9-12)21-20-22-19(23)18(27-20)10-13-6-7-14(24-2)11-17(13)26-4/h5-11H,1-4H3,(H,21,22,23)/b18-10-. The van der Waals surface area contributed by atoms with E-state index in [0.717, 1.165) is 11.1 Å². The number of carbonyl (C=O) groups is 1. The van der Waals surface area contributed by atoms with Crippen LogP contribution < -0.4 is 19.5 Å². The van der Waals surface area contributed by atoms with Crippen molar-refractivity contribution >= 4 is 34.6 Å². The number of methoxy groups -OCH3 is 3. The molecule has 0 radical (unpaired) electrons. The third-order valence-corrected chi connectivity index (χ3v) is 4.84. The Kier molecular flexibility index (Phi) is 5.71. The van der Waals surface area contributed by atoms with Crippen LogP contribution in [0.25, 0.3) is 6.08 Å². The number of nitrogens with one attached hydrogen (secondary N) is 1. The monoisotopic (exact) mass is 384 g/mol. The van der Waals surface area contributed by atoms with Gasteiger partial charge in [-0.2, -0.15) is 0 Å². The molecule has 0 aliphatic carbocycles. The number of benzene rings is 2. The lowest BCUT2D eigenvalue weighted by Crippen LogP contribution is -2.19. The Labute approximate surface area is 162 Å². The van der Waals surface area contributed by atoms with E-state index in [9.17, 15) is 4.79 Å². The number of nitrogens with zero attached hydrogens (tertiary/aromatic N) is 1. The summed E-state index contributed by atoms with van der Waals surface area (Å²) < 4.78 is 15.9. The largest absolute Gasteiger partial charge is 0.497 e. The molecule has 0 atom stereocenters. The Bertz CT molecular complexity index is 938. The fourth-order valence-corrected chi connectivity index (χ4v) is 3.38. The Balaban J connectivity index is 1.90. The highest BCUT2D eigenvalue weighted by Crippen LogP contribution is 2.34. The SMILES string of the molecule is COc1ccc(/C=C2\SC(=Nc3cc(C)ccc3OC)NC2=O)c(OC)c1. The minimum Gasteiger partial charge on any atom is -0.497 e. The minimum atomic E-state index is -0.205. The van der Waals surface area contributed by atoms with Crippen LogP contribution in [0.5, 0.6) is 17.2 Å². The fourth-order valence-electron chi connectivity index (χ4n) is 2.56. The summed E-state index contributed by atoms with van der Waals surface area (Å²) in [5, 5.41) is 3.29. The molecule has 1 aliphatic rings. The van der Waals surface area contributed by atoms with E-state index in [4.69, 9.17) is 14.2 Å². The van der Waals surface area contributed by atoms with E-state index in [0.29, 0.717) is 33.0 Å². The van der Waals surface area contributed by atoms with E-state index in [1.807, 2.05) is 37.3 Å². The van der Waals surface area contributed by atoms with Crippen molar-refractivity contribution in [2.45, 2.75) is 6.92 Å². The second-order valence-corrected chi connectivity index (χ2v) is 6.80. The molecular formula is C20H20N2O4S. The number of thioether (sulfide) groups is 1. The van der Waals surface area contributed by atoms with Gasteiger partial charge in [-0.15, -0.1) is 0 Å². The van der Waals surface area contributed by atoms with Crippen molar-refractivity contribution in [1.29, 1.82) is 0 Å². The fraction of sp³-hybridized carbons (Fsp3) is 0.200. The summed E-state index contributed by atoms with van der Waals surface area (Å²) in [5.74, 6) is 1.76. The van der Waals surface area contributed by atoms with Gasteiger partial charge in [0.1, 0.15) is 22.9 Å². The maximum atomic E-state index is 12.3. The van der Waals surface area contributed by atoms with Crippen LogP contribution >= 0.6 is 11.8 Å². The molecule has 0 spiro atoms. The number of ether oxygens (including phenoxy) is 3. The normalized spacial score (nSPS) is 16.5. The molecule has 27 heavy (non-hydrogen) atoms. The molecule has 1 N–H and O–H groups in total. The molecule has 1 fully saturated rings. The zero-order valence-corrected chi connectivity index (χ0v) is 16.3. The van der Waals surface area contributed by atoms with Gasteiger partial charge in [-0.25, -0.2) is 4.99 Å². The molecule has 1 amide bonds. The first-order valence-electron chi connectivity index (χ1n) is 8.20. The van der Waals surface area contributed by atoms with Gasteiger partial charge in [0.25, 0.3) is 5.91 Å². The average molecular weight is 384 g/mol. The molecule has 1 aliphatic heterocycles. The van der Waals surface area contributed by atoms with Gasteiger partial charge >= 0.3 is 0 Å². The van der Waals surface area contributed by atoms with E-state index in [1.165, 1.54) is 11.8 Å². The molecule has 2 aromatic rings. The lowest BCUT2D eigenvalue weighted by molar-refractivity contribution is -0.115. The molecule has 6 nitrogen and oxygen atoms in total. The van der Waals surface area contributed by atoms with Crippen LogP contribution in [0, 0.1) is 6.92 Å². The summed E-state index contributed by atoms with van der Waals surface area (Å²) in [6.45, 7) is 1.98. The predicted octanol–water partition coefficient (Wildman–Crippen LogP) is 3.91. The highest BCUT2D eigenvalue weighted by atomic mass is 32.2. The second-order valence-electron chi connectivity index (χ2n) is 5.76. The molecule has 0 aromatic heterocycles. The summed E-state index contributed by atoms with van der Waals surface area (Å²) in [6, 6.07) is 11.2. The van der Waals surface area contributed by atoms with E-state index >= 15 is 0 Å². The van der Waals surface area contributed by atoms with Gasteiger partial charge in [-0.1, -0.05) is 6.07 Å². The Morgan fingerprint density at radius 2 is 1.78 bits per heavy atom. The minimum absolute atomic E-state index is 0.205. The third kappa shape index (κ3) is 4.25. The first-order chi connectivity index (χ1) is 13.0. The van der Waals surface area contributed by atoms with Crippen LogP contribution in [0.1, 0.15) is 11.1 Å². The number of amidine groups is 1. The van der Waals surface area contributed by atoms with Gasteiger partial charge in [0.2, 0.25) is 0 Å². The van der Waals surface area contributed by atoms with Crippen molar-refractivity contribution in [1.82, 2.24) is 5.32 Å². The molecule has 0 saturated carbocycles. The maximum Gasteiger partial charge on any atom is 0.264 e. The quantitative estimate of drug-likeness (QED) is 0.792. The third-order valence-electron chi connectivity index (χ3n) is 3.93. The molecule has 1 saturated heterocycles. The molecule has 140 valence electrons. The molecule has 2 aromatic carbocycles. The van der Waals surface area contributed by atoms with Crippen LogP contribution in [0.15, 0.2) is 46.3 Å². The van der Waals surface area contributed by atoms with Crippen molar-refractivity contribution in [2.75, 3.05) is 21.3 Å². The van der Waals surface area contributed by atoms with Crippen LogP contribution in [-0.4, -0.2) is 32.4 Å². The lowest BCUT2D eigenvalue weighted by atomic mass is 10.1. The van der Waals surface area contributed by atoms with Crippen LogP contribution in [-0.2, 0) is 4.79 Å². The Hall–Kier alpha value is -2.93. The van der Waals surface area contributed by atoms with Crippen LogP contribution in [0.4, 0.5) is 5.69 Å². The lowest BCUT2D eigenvalue weighted by Gasteiger charge is -2.07. The molecule has 7 heteroatoms. The summed E-state index contributed by atoms with van der Waals surface area (Å²) in [7, 11) is 4.76. The average Bonchev–Trinajstić information content (AvgIpc) is 3.01. The smallest absolute Gasteiger partial charge is 0.264 e. The molecule has 0 bridgehead atoms. The van der Waals surface area contributed by atoms with Gasteiger partial charge in [0.15, 0.2) is 5.17 Å². The van der Waals surface area contributed by atoms with Crippen molar-refractivity contribution in [3.8, 4) is 17.2 Å². The first kappa shape index (κ1) is 18.8. The highest BCUT2D eigenvalue weighted by Gasteiger charge is 2.24. The van der Waals surface area contributed by atoms with E-state index in [1.54, 1.807) is 33.5 Å². The van der Waals surface area contributed by atoms with Gasteiger partial charge in [0, 0.05) is 11.6 Å². The number of amides is 1. The highest BCUT2D eigenvalue weighted by molar-refractivity contribution is 8.18. The number of rotatable bonds is 5. The van der Waals surface area contributed by atoms with Crippen molar-refractivity contribution in [3.05, 3.63) is 52.4 Å². The molecule has 0 unspecified atom stereocenters. The summed E-state index contributed by atoms with van der Waals surface area (Å²) >= 11 is 1.27. The predicted molar refractivity (Wildman–Crippen MR) is 108 cm³/mol. The Morgan fingerprint density at radius 3 is 2.48 bits per heavy atom. The molecule has 1 heterocycles. The summed E-state index contributed by atoms with van der Waals surface area (Å²) in [5.41, 5.74) is 2.51. The zero-order chi connectivity index (χ0) is 19.4. The number of carbonyl (C=O) groups excluding carboxylic acids is 1. The first-order valence-corrected chi connectivity index (χ1v) is 9.02. The Morgan fingerprint density at radius 1 is 1.00 bits per heavy atom. The topological polar surface area (TPSA) is 69.2 Å². The van der Waals surface area contributed by atoms with Crippen molar-refractivity contribution in [3.63, 3.8) is 0 Å². The zero-order valence-electron chi connectivity index (χ0n) is 15.5. The van der Waals surface area contributed by atoms with Gasteiger partial charge < -0.3 is 19.5 Å². The van der Waals surface area contributed by atoms with Gasteiger partial charge in [-0.05, 0) is 54.6 Å². The van der Waals surface area contributed by atoms with Gasteiger partial charge in [-0.3, -0.25) is 4.79 Å². The summed E-state index contributed by atoms with van der Waals surface area (Å²) in [6.07, 6.45) is 1.77. The number of aryl methyl sites for hydroxylation is 1. The van der Waals surface area contributed by atoms with Crippen molar-refractivity contribution < 1.29 is 19.0 Å². The van der Waals surface area contributed by atoms with Gasteiger partial charge in [0.05, 0.1) is 26.2 Å². The van der Waals surface area contributed by atoms with E-state index in [-0.39, 0.29) is 5.91 Å². The number of hydrogen-bond acceptors (Lipinski definition) is 6. The molecular weight excluding hydrogens is 364 g/mol. The van der Waals surface area contributed by atoms with Crippen LogP contribution in [0.2, 0.25) is 0 Å². The number of hydrogen-bond donors (Lipinski definition) is 1. The van der Waals surface area contributed by atoms with Crippen molar-refractivity contribution in [2.24, 2.45) is 4.99 Å². The second kappa shape index (κ2) is 8.18.